The van der Waals surface area contributed by atoms with Crippen LogP contribution in [0.5, 0.6) is 11.5 Å². The van der Waals surface area contributed by atoms with Crippen LogP contribution in [0.1, 0.15) is 10.4 Å². The molecule has 0 aliphatic rings. The molecule has 0 radical (unpaired) electrons. The SMILES string of the molecule is O=C(Nc1ccc(O)c(-c2ccc(F)cc2)c1)c1ccc(OF)c(-c2ccc3ccccc3c2)c1. The number of hydrogen-bond donors (Lipinski definition) is 2. The summed E-state index contributed by atoms with van der Waals surface area (Å²) in [5.41, 5.74) is 2.91. The Morgan fingerprint density at radius 2 is 1.49 bits per heavy atom. The van der Waals surface area contributed by atoms with E-state index in [1.165, 1.54) is 30.3 Å². The summed E-state index contributed by atoms with van der Waals surface area (Å²) in [5.74, 6) is -0.813. The van der Waals surface area contributed by atoms with E-state index in [-0.39, 0.29) is 17.3 Å². The molecule has 5 aromatic rings. The van der Waals surface area contributed by atoms with Crippen LogP contribution < -0.4 is 10.3 Å². The van der Waals surface area contributed by atoms with Crippen molar-refractivity contribution in [2.75, 3.05) is 5.32 Å². The molecule has 0 atom stereocenters. The number of hydrogen-bond acceptors (Lipinski definition) is 3. The standard InChI is InChI=1S/C29H19F2NO3/c30-23-10-7-19(8-11-23)25-17-24(12-13-27(25)33)32-29(34)22-9-14-28(35-31)26(16-22)21-6-5-18-3-1-2-4-20(18)15-21/h1-17,33H,(H,32,34). The molecule has 172 valence electrons. The summed E-state index contributed by atoms with van der Waals surface area (Å²) in [6.07, 6.45) is 0. The zero-order chi connectivity index (χ0) is 24.4. The summed E-state index contributed by atoms with van der Waals surface area (Å²) in [4.78, 5) is 17.1. The van der Waals surface area contributed by atoms with Crippen LogP contribution in [-0.4, -0.2) is 11.0 Å². The van der Waals surface area contributed by atoms with E-state index >= 15 is 0 Å². The Balaban J connectivity index is 1.46. The van der Waals surface area contributed by atoms with Crippen molar-refractivity contribution in [2.45, 2.75) is 0 Å². The highest BCUT2D eigenvalue weighted by atomic mass is 19.3. The number of carbonyl (C=O) groups is 1. The van der Waals surface area contributed by atoms with Gasteiger partial charge in [-0.1, -0.05) is 48.5 Å². The number of phenolic OH excluding ortho intramolecular Hbond substituents is 1. The van der Waals surface area contributed by atoms with Gasteiger partial charge in [-0.3, -0.25) is 9.74 Å². The first-order valence-corrected chi connectivity index (χ1v) is 10.8. The molecule has 4 nitrogen and oxygen atoms in total. The fraction of sp³-hybridized carbons (Fsp3) is 0. The third-order valence-electron chi connectivity index (χ3n) is 5.79. The fourth-order valence-corrected chi connectivity index (χ4v) is 4.00. The van der Waals surface area contributed by atoms with Crippen LogP contribution in [-0.2, 0) is 0 Å². The van der Waals surface area contributed by atoms with Crippen LogP contribution in [0.3, 0.4) is 0 Å². The minimum absolute atomic E-state index is 0.0000561. The van der Waals surface area contributed by atoms with Crippen molar-refractivity contribution in [1.82, 2.24) is 0 Å². The average Bonchev–Trinajstić information content (AvgIpc) is 2.89. The van der Waals surface area contributed by atoms with Crippen molar-refractivity contribution in [3.05, 3.63) is 115 Å². The maximum atomic E-state index is 13.3. The Morgan fingerprint density at radius 3 is 2.26 bits per heavy atom. The van der Waals surface area contributed by atoms with Gasteiger partial charge in [0.1, 0.15) is 11.6 Å². The van der Waals surface area contributed by atoms with E-state index < -0.39 is 5.91 Å². The molecule has 0 unspecified atom stereocenters. The van der Waals surface area contributed by atoms with Crippen molar-refractivity contribution in [2.24, 2.45) is 0 Å². The zero-order valence-electron chi connectivity index (χ0n) is 18.3. The molecule has 0 aromatic heterocycles. The number of nitrogens with one attached hydrogen (secondary N) is 1. The first-order valence-electron chi connectivity index (χ1n) is 10.8. The second kappa shape index (κ2) is 9.27. The molecule has 0 bridgehead atoms. The minimum Gasteiger partial charge on any atom is -0.507 e. The summed E-state index contributed by atoms with van der Waals surface area (Å²) in [5, 5.41) is 15.1. The van der Waals surface area contributed by atoms with Crippen LogP contribution >= 0.6 is 0 Å². The molecular weight excluding hydrogens is 448 g/mol. The van der Waals surface area contributed by atoms with Crippen LogP contribution in [0.4, 0.5) is 14.6 Å². The third-order valence-corrected chi connectivity index (χ3v) is 5.79. The van der Waals surface area contributed by atoms with Gasteiger partial charge in [-0.2, -0.15) is 0 Å². The molecule has 0 heterocycles. The summed E-state index contributed by atoms with van der Waals surface area (Å²) < 4.78 is 26.6. The number of carbonyl (C=O) groups excluding carboxylic acids is 1. The molecule has 6 heteroatoms. The Labute approximate surface area is 200 Å². The van der Waals surface area contributed by atoms with Crippen LogP contribution in [0, 0.1) is 5.82 Å². The lowest BCUT2D eigenvalue weighted by Gasteiger charge is -2.12. The molecule has 5 aromatic carbocycles. The predicted molar refractivity (Wildman–Crippen MR) is 133 cm³/mol. The molecule has 0 fully saturated rings. The number of amides is 1. The maximum Gasteiger partial charge on any atom is 0.255 e. The van der Waals surface area contributed by atoms with Crippen molar-refractivity contribution < 1.29 is 23.8 Å². The first-order chi connectivity index (χ1) is 17.0. The van der Waals surface area contributed by atoms with Gasteiger partial charge in [0.25, 0.3) is 5.91 Å². The molecule has 2 N–H and O–H groups in total. The molecule has 1 amide bonds. The van der Waals surface area contributed by atoms with Gasteiger partial charge in [-0.05, 0) is 76.5 Å². The summed E-state index contributed by atoms with van der Waals surface area (Å²) in [7, 11) is 0. The molecule has 0 spiro atoms. The molecule has 0 aliphatic heterocycles. The second-order valence-corrected chi connectivity index (χ2v) is 8.04. The number of halogens is 2. The number of benzene rings is 5. The molecule has 0 aliphatic carbocycles. The fourth-order valence-electron chi connectivity index (χ4n) is 4.00. The number of rotatable bonds is 5. The number of aromatic hydroxyl groups is 1. The van der Waals surface area contributed by atoms with Crippen molar-refractivity contribution in [3.8, 4) is 33.8 Å². The van der Waals surface area contributed by atoms with Crippen molar-refractivity contribution >= 4 is 22.4 Å². The quantitative estimate of drug-likeness (QED) is 0.263. The molecule has 0 saturated heterocycles. The van der Waals surface area contributed by atoms with Gasteiger partial charge in [0.15, 0.2) is 5.75 Å². The van der Waals surface area contributed by atoms with E-state index in [0.717, 1.165) is 10.8 Å². The summed E-state index contributed by atoms with van der Waals surface area (Å²) in [6.45, 7) is 0. The monoisotopic (exact) mass is 467 g/mol. The van der Waals surface area contributed by atoms with Crippen molar-refractivity contribution in [1.29, 1.82) is 0 Å². The number of fused-ring (bicyclic) bond motifs is 1. The van der Waals surface area contributed by atoms with E-state index in [1.807, 2.05) is 42.5 Å². The Kier molecular flexibility index (Phi) is 5.85. The molecule has 35 heavy (non-hydrogen) atoms. The maximum absolute atomic E-state index is 13.3. The minimum atomic E-state index is -0.423. The van der Waals surface area contributed by atoms with Gasteiger partial charge in [-0.15, -0.1) is 0 Å². The number of phenols is 1. The van der Waals surface area contributed by atoms with E-state index in [1.54, 1.807) is 30.3 Å². The topological polar surface area (TPSA) is 58.6 Å². The van der Waals surface area contributed by atoms with E-state index in [0.29, 0.717) is 33.5 Å². The van der Waals surface area contributed by atoms with Gasteiger partial charge in [0.2, 0.25) is 0 Å². The lowest BCUT2D eigenvalue weighted by Crippen LogP contribution is -2.12. The van der Waals surface area contributed by atoms with E-state index in [2.05, 4.69) is 10.3 Å². The highest BCUT2D eigenvalue weighted by Gasteiger charge is 2.15. The van der Waals surface area contributed by atoms with Gasteiger partial charge < -0.3 is 10.4 Å². The molecular formula is C29H19F2NO3. The van der Waals surface area contributed by atoms with Gasteiger partial charge >= 0.3 is 0 Å². The Bertz CT molecular complexity index is 1550. The first kappa shape index (κ1) is 22.1. The van der Waals surface area contributed by atoms with Gasteiger partial charge in [-0.25, -0.2) is 4.39 Å². The Morgan fingerprint density at radius 1 is 0.743 bits per heavy atom. The highest BCUT2D eigenvalue weighted by Crippen LogP contribution is 2.35. The van der Waals surface area contributed by atoms with Crippen molar-refractivity contribution in [3.63, 3.8) is 0 Å². The second-order valence-electron chi connectivity index (χ2n) is 8.04. The summed E-state index contributed by atoms with van der Waals surface area (Å²) in [6, 6.07) is 28.2. The van der Waals surface area contributed by atoms with E-state index in [4.69, 9.17) is 0 Å². The Hall–Kier alpha value is -4.71. The normalized spacial score (nSPS) is 10.8. The predicted octanol–water partition coefficient (Wildman–Crippen LogP) is 7.53. The zero-order valence-corrected chi connectivity index (χ0v) is 18.3. The largest absolute Gasteiger partial charge is 0.507 e. The highest BCUT2D eigenvalue weighted by molar-refractivity contribution is 6.06. The van der Waals surface area contributed by atoms with Gasteiger partial charge in [0, 0.05) is 26.9 Å². The molecule has 5 rings (SSSR count). The van der Waals surface area contributed by atoms with Gasteiger partial charge in [0.05, 0.1) is 0 Å². The van der Waals surface area contributed by atoms with Crippen LogP contribution in [0.25, 0.3) is 33.0 Å². The smallest absolute Gasteiger partial charge is 0.255 e. The average molecular weight is 467 g/mol. The van der Waals surface area contributed by atoms with Crippen LogP contribution in [0.2, 0.25) is 0 Å². The summed E-state index contributed by atoms with van der Waals surface area (Å²) >= 11 is 0. The molecule has 0 saturated carbocycles. The third kappa shape index (κ3) is 4.54. The number of anilines is 1. The lowest BCUT2D eigenvalue weighted by molar-refractivity contribution is -0.00547. The lowest BCUT2D eigenvalue weighted by atomic mass is 9.98. The van der Waals surface area contributed by atoms with Crippen LogP contribution in [0.15, 0.2) is 103 Å². The van der Waals surface area contributed by atoms with E-state index in [9.17, 15) is 18.8 Å².